The third-order valence-electron chi connectivity index (χ3n) is 15.3. The molecule has 82 heavy (non-hydrogen) atoms. The Balaban J connectivity index is 4.33. The summed E-state index contributed by atoms with van der Waals surface area (Å²) in [4.78, 5) is 38.4. The molecule has 0 aliphatic carbocycles. The zero-order valence-corrected chi connectivity index (χ0v) is 54.2. The van der Waals surface area contributed by atoms with Crippen molar-refractivity contribution in [2.45, 2.75) is 354 Å². The summed E-state index contributed by atoms with van der Waals surface area (Å²) >= 11 is 0. The number of unbranched alkanes of at least 4 members (excludes halogenated alkanes) is 37. The van der Waals surface area contributed by atoms with Gasteiger partial charge in [0.25, 0.3) is 0 Å². The van der Waals surface area contributed by atoms with Crippen LogP contribution >= 0.6 is 0 Å². The van der Waals surface area contributed by atoms with E-state index in [2.05, 4.69) is 112 Å². The molecule has 0 saturated carbocycles. The Morgan fingerprint density at radius 3 is 0.805 bits per heavy atom. The van der Waals surface area contributed by atoms with E-state index in [1.165, 1.54) is 199 Å². The Hall–Kier alpha value is -3.67. The monoisotopic (exact) mass is 1140 g/mol. The van der Waals surface area contributed by atoms with Crippen LogP contribution in [0.25, 0.3) is 0 Å². The normalized spacial score (nSPS) is 12.7. The molecule has 0 fully saturated rings. The van der Waals surface area contributed by atoms with Gasteiger partial charge >= 0.3 is 17.9 Å². The molecule has 0 rings (SSSR count). The number of carbonyl (C=O) groups is 3. The number of rotatable bonds is 64. The van der Waals surface area contributed by atoms with Crippen molar-refractivity contribution in [3.8, 4) is 0 Å². The lowest BCUT2D eigenvalue weighted by molar-refractivity contribution is -0.166. The predicted octanol–water partition coefficient (Wildman–Crippen LogP) is 24.4. The maximum atomic E-state index is 12.9. The average Bonchev–Trinajstić information content (AvgIpc) is 3.47. The first kappa shape index (κ1) is 78.3. The van der Waals surface area contributed by atoms with Gasteiger partial charge in [0.2, 0.25) is 0 Å². The van der Waals surface area contributed by atoms with Crippen LogP contribution in [-0.2, 0) is 28.6 Å². The van der Waals surface area contributed by atoms with E-state index >= 15 is 0 Å². The van der Waals surface area contributed by atoms with E-state index in [9.17, 15) is 14.4 Å². The molecule has 0 heterocycles. The number of ether oxygens (including phenoxy) is 3. The van der Waals surface area contributed by atoms with Gasteiger partial charge in [-0.25, -0.2) is 0 Å². The summed E-state index contributed by atoms with van der Waals surface area (Å²) in [5.41, 5.74) is 0. The highest BCUT2D eigenvalue weighted by molar-refractivity contribution is 5.71. The molecular formula is C76H132O6. The molecule has 6 heteroatoms. The lowest BCUT2D eigenvalue weighted by atomic mass is 10.0. The number of hydrogen-bond donors (Lipinski definition) is 0. The predicted molar refractivity (Wildman–Crippen MR) is 357 cm³/mol. The molecule has 0 aromatic carbocycles. The van der Waals surface area contributed by atoms with Crippen molar-refractivity contribution in [3.05, 3.63) is 97.2 Å². The lowest BCUT2D eigenvalue weighted by Gasteiger charge is -2.18. The third-order valence-corrected chi connectivity index (χ3v) is 15.3. The van der Waals surface area contributed by atoms with Gasteiger partial charge in [-0.2, -0.15) is 0 Å². The van der Waals surface area contributed by atoms with E-state index in [-0.39, 0.29) is 31.6 Å². The summed E-state index contributed by atoms with van der Waals surface area (Å²) in [6, 6.07) is 0. The molecule has 6 nitrogen and oxygen atoms in total. The second-order valence-corrected chi connectivity index (χ2v) is 23.4. The van der Waals surface area contributed by atoms with Crippen LogP contribution in [0.4, 0.5) is 0 Å². The molecule has 472 valence electrons. The largest absolute Gasteiger partial charge is 0.462 e. The molecule has 0 amide bonds. The van der Waals surface area contributed by atoms with Gasteiger partial charge in [0.15, 0.2) is 6.10 Å². The standard InChI is InChI=1S/C76H132O6/c1-4-7-10-13-16-19-22-25-28-31-33-34-35-36-37-38-39-40-41-42-44-45-48-51-54-57-60-63-66-69-75(78)81-72-73(71-80-74(77)68-65-62-59-56-53-50-47-30-27-24-21-18-15-12-9-6-3)82-76(79)70-67-64-61-58-55-52-49-46-43-32-29-26-23-20-17-14-11-8-5-2/h8,11,17,20-21,24,26,29-30,43,46-47,52,55,61,64,73H,4-7,9-10,12-16,18-19,22-23,25,27-28,31-42,44-45,48-51,53-54,56-60,62-63,65-72H2,1-3H3/b11-8-,20-17-,24-21-,29-26-,46-43-,47-30-,55-52-,64-61-. The molecule has 0 spiro atoms. The highest BCUT2D eigenvalue weighted by Gasteiger charge is 2.19. The van der Waals surface area contributed by atoms with Crippen LogP contribution in [0.1, 0.15) is 348 Å². The topological polar surface area (TPSA) is 78.9 Å². The lowest BCUT2D eigenvalue weighted by Crippen LogP contribution is -2.30. The van der Waals surface area contributed by atoms with Crippen LogP contribution in [0.5, 0.6) is 0 Å². The number of esters is 3. The minimum absolute atomic E-state index is 0.110. The first-order valence-electron chi connectivity index (χ1n) is 35.2. The van der Waals surface area contributed by atoms with E-state index < -0.39 is 12.1 Å². The Kier molecular flexibility index (Phi) is 66.7. The van der Waals surface area contributed by atoms with Crippen LogP contribution in [0.3, 0.4) is 0 Å². The average molecular weight is 1140 g/mol. The fourth-order valence-electron chi connectivity index (χ4n) is 10.1. The minimum Gasteiger partial charge on any atom is -0.462 e. The number of allylic oxidation sites excluding steroid dienone is 16. The second-order valence-electron chi connectivity index (χ2n) is 23.4. The SMILES string of the molecule is CC/C=C\C/C=C\C/C=C\C/C=C\C/C=C\C/C=C\CCC(=O)OC(COC(=O)CCCCCCC/C=C\C/C=C\CCCCCC)COC(=O)CCCCCCCCCCCCCCCCCCCCCCCCCCCCCCC. The van der Waals surface area contributed by atoms with E-state index in [1.807, 2.05) is 6.08 Å². The Labute approximate surface area is 508 Å². The molecule has 0 aromatic heterocycles. The van der Waals surface area contributed by atoms with Gasteiger partial charge in [-0.1, -0.05) is 336 Å². The van der Waals surface area contributed by atoms with Crippen molar-refractivity contribution in [1.29, 1.82) is 0 Å². The summed E-state index contributed by atoms with van der Waals surface area (Å²) in [7, 11) is 0. The summed E-state index contributed by atoms with van der Waals surface area (Å²) in [6.45, 7) is 6.48. The van der Waals surface area contributed by atoms with Crippen LogP contribution < -0.4 is 0 Å². The number of hydrogen-bond acceptors (Lipinski definition) is 6. The van der Waals surface area contributed by atoms with E-state index in [1.54, 1.807) is 0 Å². The third kappa shape index (κ3) is 67.1. The van der Waals surface area contributed by atoms with Crippen LogP contribution in [0.15, 0.2) is 97.2 Å². The van der Waals surface area contributed by atoms with E-state index in [0.29, 0.717) is 19.3 Å². The molecule has 1 unspecified atom stereocenters. The smallest absolute Gasteiger partial charge is 0.306 e. The quantitative estimate of drug-likeness (QED) is 0.0261. The molecule has 0 aromatic rings. The maximum Gasteiger partial charge on any atom is 0.306 e. The molecule has 0 radical (unpaired) electrons. The zero-order valence-electron chi connectivity index (χ0n) is 54.2. The second kappa shape index (κ2) is 69.8. The molecule has 0 N–H and O–H groups in total. The Bertz CT molecular complexity index is 1590. The summed E-state index contributed by atoms with van der Waals surface area (Å²) in [6.07, 6.45) is 94.6. The Morgan fingerprint density at radius 2 is 0.500 bits per heavy atom. The zero-order chi connectivity index (χ0) is 59.2. The van der Waals surface area contributed by atoms with E-state index in [4.69, 9.17) is 14.2 Å². The van der Waals surface area contributed by atoms with Crippen LogP contribution in [0, 0.1) is 0 Å². The van der Waals surface area contributed by atoms with Gasteiger partial charge in [0.05, 0.1) is 0 Å². The molecule has 0 aliphatic rings. The van der Waals surface area contributed by atoms with Crippen LogP contribution in [0.2, 0.25) is 0 Å². The Morgan fingerprint density at radius 1 is 0.256 bits per heavy atom. The van der Waals surface area contributed by atoms with Crippen molar-refractivity contribution in [2.24, 2.45) is 0 Å². The first-order valence-corrected chi connectivity index (χ1v) is 35.2. The molecule has 0 aliphatic heterocycles. The minimum atomic E-state index is -0.825. The van der Waals surface area contributed by atoms with Crippen LogP contribution in [-0.4, -0.2) is 37.2 Å². The van der Waals surface area contributed by atoms with Gasteiger partial charge in [-0.15, -0.1) is 0 Å². The molecular weight excluding hydrogens is 1010 g/mol. The van der Waals surface area contributed by atoms with Gasteiger partial charge < -0.3 is 14.2 Å². The van der Waals surface area contributed by atoms with Gasteiger partial charge in [-0.3, -0.25) is 14.4 Å². The van der Waals surface area contributed by atoms with Gasteiger partial charge in [-0.05, 0) is 89.9 Å². The van der Waals surface area contributed by atoms with Crippen molar-refractivity contribution in [1.82, 2.24) is 0 Å². The molecule has 0 saturated heterocycles. The fourth-order valence-corrected chi connectivity index (χ4v) is 10.1. The van der Waals surface area contributed by atoms with Crippen molar-refractivity contribution in [3.63, 3.8) is 0 Å². The summed E-state index contributed by atoms with van der Waals surface area (Å²) < 4.78 is 16.9. The van der Waals surface area contributed by atoms with Crippen molar-refractivity contribution < 1.29 is 28.6 Å². The van der Waals surface area contributed by atoms with Crippen molar-refractivity contribution in [2.75, 3.05) is 13.2 Å². The first-order chi connectivity index (χ1) is 40.5. The molecule has 0 bridgehead atoms. The summed E-state index contributed by atoms with van der Waals surface area (Å²) in [5, 5.41) is 0. The van der Waals surface area contributed by atoms with Gasteiger partial charge in [0.1, 0.15) is 13.2 Å². The fraction of sp³-hybridized carbons (Fsp3) is 0.750. The van der Waals surface area contributed by atoms with Crippen molar-refractivity contribution >= 4 is 17.9 Å². The number of carbonyl (C=O) groups excluding carboxylic acids is 3. The maximum absolute atomic E-state index is 12.9. The highest BCUT2D eigenvalue weighted by atomic mass is 16.6. The van der Waals surface area contributed by atoms with E-state index in [0.717, 1.165) is 103 Å². The highest BCUT2D eigenvalue weighted by Crippen LogP contribution is 2.18. The molecule has 1 atom stereocenters. The van der Waals surface area contributed by atoms with Gasteiger partial charge in [0, 0.05) is 19.3 Å². The summed E-state index contributed by atoms with van der Waals surface area (Å²) in [5.74, 6) is -0.995.